The maximum atomic E-state index is 4.52. The third-order valence-corrected chi connectivity index (χ3v) is 2.91. The van der Waals surface area contributed by atoms with E-state index in [2.05, 4.69) is 33.7 Å². The molecule has 0 saturated carbocycles. The summed E-state index contributed by atoms with van der Waals surface area (Å²) in [6.07, 6.45) is 8.06. The van der Waals surface area contributed by atoms with Crippen LogP contribution in [-0.4, -0.2) is 21.1 Å². The van der Waals surface area contributed by atoms with Crippen molar-refractivity contribution in [1.29, 1.82) is 0 Å². The summed E-state index contributed by atoms with van der Waals surface area (Å²) in [7, 11) is 0. The molecule has 0 spiro atoms. The van der Waals surface area contributed by atoms with Gasteiger partial charge in [0.1, 0.15) is 0 Å². The Balaban J connectivity index is 2.30. The molecule has 0 radical (unpaired) electrons. The van der Waals surface area contributed by atoms with Crippen LogP contribution < -0.4 is 5.32 Å². The number of nitrogens with one attached hydrogen (secondary N) is 1. The van der Waals surface area contributed by atoms with Crippen molar-refractivity contribution in [2.75, 3.05) is 11.9 Å². The van der Waals surface area contributed by atoms with Crippen molar-refractivity contribution in [3.8, 4) is 5.69 Å². The van der Waals surface area contributed by atoms with E-state index in [1.807, 2.05) is 31.6 Å². The Hall–Kier alpha value is -1.84. The average Bonchev–Trinajstić information content (AvgIpc) is 2.71. The third-order valence-electron chi connectivity index (χ3n) is 2.91. The number of unbranched alkanes of at least 4 members (excludes halogenated alkanes) is 1. The molecule has 0 aromatic carbocycles. The van der Waals surface area contributed by atoms with Crippen molar-refractivity contribution >= 4 is 5.95 Å². The number of rotatable bonds is 5. The summed E-state index contributed by atoms with van der Waals surface area (Å²) in [5.74, 6) is 0.900. The van der Waals surface area contributed by atoms with Crippen LogP contribution >= 0.6 is 0 Å². The van der Waals surface area contributed by atoms with Crippen LogP contribution in [0.5, 0.6) is 0 Å². The minimum atomic E-state index is 0.900. The Morgan fingerprint density at radius 1 is 1.33 bits per heavy atom. The molecule has 0 amide bonds. The predicted octanol–water partition coefficient (Wildman–Crippen LogP) is 3.10. The lowest BCUT2D eigenvalue weighted by Crippen LogP contribution is -2.08. The second-order valence-corrected chi connectivity index (χ2v) is 4.52. The molecule has 2 aromatic heterocycles. The molecule has 0 aliphatic rings. The molecule has 18 heavy (non-hydrogen) atoms. The first-order valence-electron chi connectivity index (χ1n) is 6.43. The van der Waals surface area contributed by atoms with E-state index >= 15 is 0 Å². The lowest BCUT2D eigenvalue weighted by molar-refractivity contribution is 0.822. The van der Waals surface area contributed by atoms with Crippen molar-refractivity contribution < 1.29 is 0 Å². The van der Waals surface area contributed by atoms with Crippen molar-refractivity contribution in [3.63, 3.8) is 0 Å². The normalized spacial score (nSPS) is 10.6. The molecule has 4 nitrogen and oxygen atoms in total. The molecule has 1 N–H and O–H groups in total. The van der Waals surface area contributed by atoms with E-state index in [1.165, 1.54) is 12.0 Å². The number of imidazole rings is 1. The lowest BCUT2D eigenvalue weighted by atomic mass is 10.2. The molecule has 0 aliphatic heterocycles. The standard InChI is InChI=1S/C14H20N4/c1-4-5-7-16-14-17-12(3)10-18(14)13-9-15-8-6-11(13)2/h6,8-10H,4-5,7H2,1-3H3,(H,16,17). The van der Waals surface area contributed by atoms with Gasteiger partial charge in [0.2, 0.25) is 5.95 Å². The molecule has 0 unspecified atom stereocenters. The number of nitrogens with zero attached hydrogens (tertiary/aromatic N) is 3. The zero-order chi connectivity index (χ0) is 13.0. The van der Waals surface area contributed by atoms with Gasteiger partial charge < -0.3 is 5.32 Å². The van der Waals surface area contributed by atoms with Crippen LogP contribution in [-0.2, 0) is 0 Å². The van der Waals surface area contributed by atoms with Crippen LogP contribution in [0.25, 0.3) is 5.69 Å². The fourth-order valence-electron chi connectivity index (χ4n) is 1.89. The van der Waals surface area contributed by atoms with Crippen molar-refractivity contribution in [3.05, 3.63) is 35.9 Å². The molecule has 0 aliphatic carbocycles. The van der Waals surface area contributed by atoms with E-state index in [-0.39, 0.29) is 0 Å². The Labute approximate surface area is 108 Å². The fourth-order valence-corrected chi connectivity index (χ4v) is 1.89. The maximum absolute atomic E-state index is 4.52. The maximum Gasteiger partial charge on any atom is 0.207 e. The number of anilines is 1. The first-order chi connectivity index (χ1) is 8.72. The Morgan fingerprint density at radius 2 is 2.17 bits per heavy atom. The van der Waals surface area contributed by atoms with E-state index in [4.69, 9.17) is 0 Å². The largest absolute Gasteiger partial charge is 0.355 e. The summed E-state index contributed by atoms with van der Waals surface area (Å²) in [6.45, 7) is 7.23. The monoisotopic (exact) mass is 244 g/mol. The number of hydrogen-bond donors (Lipinski definition) is 1. The van der Waals surface area contributed by atoms with E-state index in [0.29, 0.717) is 0 Å². The van der Waals surface area contributed by atoms with Crippen molar-refractivity contribution in [2.45, 2.75) is 33.6 Å². The predicted molar refractivity (Wildman–Crippen MR) is 74.2 cm³/mol. The quantitative estimate of drug-likeness (QED) is 0.822. The van der Waals surface area contributed by atoms with Crippen LogP contribution in [0.3, 0.4) is 0 Å². The molecule has 0 fully saturated rings. The van der Waals surface area contributed by atoms with Gasteiger partial charge in [0.05, 0.1) is 17.6 Å². The van der Waals surface area contributed by atoms with E-state index < -0.39 is 0 Å². The molecular formula is C14H20N4. The van der Waals surface area contributed by atoms with Crippen LogP contribution in [0.15, 0.2) is 24.7 Å². The smallest absolute Gasteiger partial charge is 0.207 e. The first-order valence-corrected chi connectivity index (χ1v) is 6.43. The zero-order valence-corrected chi connectivity index (χ0v) is 11.3. The molecule has 96 valence electrons. The molecular weight excluding hydrogens is 224 g/mol. The van der Waals surface area contributed by atoms with Gasteiger partial charge in [-0.2, -0.15) is 0 Å². The van der Waals surface area contributed by atoms with Gasteiger partial charge >= 0.3 is 0 Å². The van der Waals surface area contributed by atoms with Crippen molar-refractivity contribution in [1.82, 2.24) is 14.5 Å². The van der Waals surface area contributed by atoms with Gasteiger partial charge in [-0.25, -0.2) is 4.98 Å². The van der Waals surface area contributed by atoms with E-state index in [0.717, 1.165) is 30.3 Å². The fraction of sp³-hybridized carbons (Fsp3) is 0.429. The molecule has 2 heterocycles. The SMILES string of the molecule is CCCCNc1nc(C)cn1-c1cnccc1C. The zero-order valence-electron chi connectivity index (χ0n) is 11.3. The van der Waals surface area contributed by atoms with Gasteiger partial charge in [0.15, 0.2) is 0 Å². The Morgan fingerprint density at radius 3 is 2.89 bits per heavy atom. The van der Waals surface area contributed by atoms with Crippen LogP contribution in [0.1, 0.15) is 31.0 Å². The third kappa shape index (κ3) is 2.70. The minimum absolute atomic E-state index is 0.900. The van der Waals surface area contributed by atoms with E-state index in [1.54, 1.807) is 0 Å². The molecule has 2 aromatic rings. The van der Waals surface area contributed by atoms with Crippen molar-refractivity contribution in [2.24, 2.45) is 0 Å². The van der Waals surface area contributed by atoms with E-state index in [9.17, 15) is 0 Å². The van der Waals surface area contributed by atoms with Gasteiger partial charge in [-0.15, -0.1) is 0 Å². The Kier molecular flexibility index (Phi) is 3.97. The molecule has 4 heteroatoms. The summed E-state index contributed by atoms with van der Waals surface area (Å²) in [6, 6.07) is 2.01. The van der Waals surface area contributed by atoms with Gasteiger partial charge in [-0.05, 0) is 31.9 Å². The summed E-state index contributed by atoms with van der Waals surface area (Å²) < 4.78 is 2.08. The molecule has 0 saturated heterocycles. The highest BCUT2D eigenvalue weighted by Crippen LogP contribution is 2.18. The van der Waals surface area contributed by atoms with Crippen LogP contribution in [0.2, 0.25) is 0 Å². The summed E-state index contributed by atoms with van der Waals surface area (Å²) in [5, 5.41) is 3.38. The average molecular weight is 244 g/mol. The van der Waals surface area contributed by atoms with Gasteiger partial charge in [-0.3, -0.25) is 9.55 Å². The second kappa shape index (κ2) is 5.67. The highest BCUT2D eigenvalue weighted by Gasteiger charge is 2.08. The number of pyridine rings is 1. The summed E-state index contributed by atoms with van der Waals surface area (Å²) in [4.78, 5) is 8.72. The molecule has 2 rings (SSSR count). The number of aryl methyl sites for hydroxylation is 2. The topological polar surface area (TPSA) is 42.7 Å². The molecule has 0 atom stereocenters. The Bertz CT molecular complexity index is 516. The first kappa shape index (κ1) is 12.6. The van der Waals surface area contributed by atoms with Crippen LogP contribution in [0, 0.1) is 13.8 Å². The highest BCUT2D eigenvalue weighted by atomic mass is 15.2. The van der Waals surface area contributed by atoms with Gasteiger partial charge in [0, 0.05) is 18.9 Å². The highest BCUT2D eigenvalue weighted by molar-refractivity contribution is 5.46. The second-order valence-electron chi connectivity index (χ2n) is 4.52. The minimum Gasteiger partial charge on any atom is -0.355 e. The van der Waals surface area contributed by atoms with Gasteiger partial charge in [0.25, 0.3) is 0 Å². The van der Waals surface area contributed by atoms with Gasteiger partial charge in [-0.1, -0.05) is 13.3 Å². The summed E-state index contributed by atoms with van der Waals surface area (Å²) in [5.41, 5.74) is 3.29. The number of hydrogen-bond acceptors (Lipinski definition) is 3. The summed E-state index contributed by atoms with van der Waals surface area (Å²) >= 11 is 0. The van der Waals surface area contributed by atoms with Crippen LogP contribution in [0.4, 0.5) is 5.95 Å². The lowest BCUT2D eigenvalue weighted by Gasteiger charge is -2.11. The number of aromatic nitrogens is 3. The molecule has 0 bridgehead atoms.